The Bertz CT molecular complexity index is 414. The van der Waals surface area contributed by atoms with E-state index in [9.17, 15) is 4.79 Å². The molecule has 1 aromatic carbocycles. The zero-order valence-corrected chi connectivity index (χ0v) is 13.3. The smallest absolute Gasteiger partial charge is 0.251 e. The summed E-state index contributed by atoms with van der Waals surface area (Å²) in [6, 6.07) is 8.48. The summed E-state index contributed by atoms with van der Waals surface area (Å²) in [6.45, 7) is 3.14. The van der Waals surface area contributed by atoms with Crippen molar-refractivity contribution >= 4 is 40.9 Å². The third kappa shape index (κ3) is 4.40. The molecule has 0 spiro atoms. The van der Waals surface area contributed by atoms with Gasteiger partial charge in [-0.3, -0.25) is 4.79 Å². The van der Waals surface area contributed by atoms with Crippen LogP contribution in [0.1, 0.15) is 30.1 Å². The van der Waals surface area contributed by atoms with E-state index < -0.39 is 0 Å². The van der Waals surface area contributed by atoms with Gasteiger partial charge in [-0.2, -0.15) is 0 Å². The summed E-state index contributed by atoms with van der Waals surface area (Å²) in [5, 5.41) is 6.49. The Morgan fingerprint density at radius 2 is 2.28 bits per heavy atom. The van der Waals surface area contributed by atoms with Gasteiger partial charge in [-0.05, 0) is 67.1 Å². The third-order valence-corrected chi connectivity index (χ3v) is 3.72. The number of rotatable bonds is 2. The predicted molar refractivity (Wildman–Crippen MR) is 84.4 cm³/mol. The number of halogens is 2. The van der Waals surface area contributed by atoms with Crippen LogP contribution in [-0.2, 0) is 0 Å². The van der Waals surface area contributed by atoms with Gasteiger partial charge in [0, 0.05) is 21.2 Å². The predicted octanol–water partition coefficient (Wildman–Crippen LogP) is 2.58. The summed E-state index contributed by atoms with van der Waals surface area (Å²) in [5.74, 6) is 0.0441. The van der Waals surface area contributed by atoms with Crippen molar-refractivity contribution in [2.24, 2.45) is 0 Å². The van der Waals surface area contributed by atoms with E-state index in [2.05, 4.69) is 40.1 Å². The number of benzene rings is 1. The average Bonchev–Trinajstić information content (AvgIpc) is 2.29. The molecule has 0 aromatic heterocycles. The van der Waals surface area contributed by atoms with Gasteiger partial charge < -0.3 is 10.6 Å². The highest BCUT2D eigenvalue weighted by atomic mass is 127. The normalized spacial score (nSPS) is 23.0. The van der Waals surface area contributed by atoms with Crippen LogP contribution >= 0.6 is 35.0 Å². The highest BCUT2D eigenvalue weighted by Crippen LogP contribution is 2.11. The number of carbonyl (C=O) groups excluding carboxylic acids is 1. The van der Waals surface area contributed by atoms with Crippen LogP contribution in [0.4, 0.5) is 0 Å². The van der Waals surface area contributed by atoms with Crippen molar-refractivity contribution in [3.63, 3.8) is 0 Å². The van der Waals surface area contributed by atoms with Gasteiger partial charge in [0.15, 0.2) is 0 Å². The van der Waals surface area contributed by atoms with Crippen LogP contribution in [0.3, 0.4) is 0 Å². The first-order valence-corrected chi connectivity index (χ1v) is 7.03. The molecular formula is C13H18ClIN2O. The quantitative estimate of drug-likeness (QED) is 0.774. The van der Waals surface area contributed by atoms with Crippen LogP contribution in [0.25, 0.3) is 0 Å². The Labute approximate surface area is 128 Å². The van der Waals surface area contributed by atoms with E-state index in [0.717, 1.165) is 28.5 Å². The van der Waals surface area contributed by atoms with E-state index in [1.54, 1.807) is 0 Å². The first kappa shape index (κ1) is 15.7. The summed E-state index contributed by atoms with van der Waals surface area (Å²) < 4.78 is 1.09. The van der Waals surface area contributed by atoms with Gasteiger partial charge in [0.1, 0.15) is 0 Å². The van der Waals surface area contributed by atoms with E-state index >= 15 is 0 Å². The number of amides is 1. The first-order valence-electron chi connectivity index (χ1n) is 5.95. The average molecular weight is 381 g/mol. The fourth-order valence-electron chi connectivity index (χ4n) is 2.16. The minimum absolute atomic E-state index is 0. The molecule has 1 saturated heterocycles. The second kappa shape index (κ2) is 7.31. The lowest BCUT2D eigenvalue weighted by Crippen LogP contribution is -2.46. The van der Waals surface area contributed by atoms with Crippen molar-refractivity contribution in [2.75, 3.05) is 6.54 Å². The molecule has 1 fully saturated rings. The van der Waals surface area contributed by atoms with Crippen LogP contribution in [-0.4, -0.2) is 24.5 Å². The molecule has 2 rings (SSSR count). The molecule has 0 saturated carbocycles. The summed E-state index contributed by atoms with van der Waals surface area (Å²) in [6.07, 6.45) is 2.02. The highest BCUT2D eigenvalue weighted by molar-refractivity contribution is 14.1. The summed E-state index contributed by atoms with van der Waals surface area (Å²) >= 11 is 2.22. The number of hydrogen-bond donors (Lipinski definition) is 2. The topological polar surface area (TPSA) is 41.1 Å². The minimum atomic E-state index is 0. The third-order valence-electron chi connectivity index (χ3n) is 3.05. The van der Waals surface area contributed by atoms with Crippen LogP contribution in [0.2, 0.25) is 0 Å². The van der Waals surface area contributed by atoms with E-state index in [0.29, 0.717) is 12.1 Å². The number of piperidine rings is 1. The number of hydrogen-bond acceptors (Lipinski definition) is 2. The molecule has 2 atom stereocenters. The Hall–Kier alpha value is -0.330. The van der Waals surface area contributed by atoms with Gasteiger partial charge in [0.25, 0.3) is 5.91 Å². The van der Waals surface area contributed by atoms with E-state index in [1.807, 2.05) is 24.3 Å². The van der Waals surface area contributed by atoms with Crippen molar-refractivity contribution in [3.8, 4) is 0 Å². The first-order chi connectivity index (χ1) is 8.15. The highest BCUT2D eigenvalue weighted by Gasteiger charge is 2.20. The maximum absolute atomic E-state index is 12.0. The molecule has 1 aromatic rings. The minimum Gasteiger partial charge on any atom is -0.349 e. The fourth-order valence-corrected chi connectivity index (χ4v) is 2.70. The van der Waals surface area contributed by atoms with Crippen LogP contribution in [0.15, 0.2) is 24.3 Å². The molecular weight excluding hydrogens is 363 g/mol. The molecule has 5 heteroatoms. The van der Waals surface area contributed by atoms with Crippen LogP contribution < -0.4 is 10.6 Å². The summed E-state index contributed by atoms with van der Waals surface area (Å²) in [5.41, 5.74) is 0.753. The monoisotopic (exact) mass is 380 g/mol. The van der Waals surface area contributed by atoms with Gasteiger partial charge in [-0.25, -0.2) is 0 Å². The Morgan fingerprint density at radius 1 is 1.50 bits per heavy atom. The number of nitrogens with one attached hydrogen (secondary N) is 2. The largest absolute Gasteiger partial charge is 0.349 e. The van der Waals surface area contributed by atoms with Crippen molar-refractivity contribution < 1.29 is 4.79 Å². The van der Waals surface area contributed by atoms with Crippen LogP contribution in [0.5, 0.6) is 0 Å². The molecule has 3 nitrogen and oxygen atoms in total. The van der Waals surface area contributed by atoms with E-state index in [4.69, 9.17) is 0 Å². The molecule has 1 heterocycles. The lowest BCUT2D eigenvalue weighted by Gasteiger charge is -2.28. The van der Waals surface area contributed by atoms with Gasteiger partial charge in [-0.15, -0.1) is 12.4 Å². The Balaban J connectivity index is 0.00000162. The molecule has 100 valence electrons. The maximum Gasteiger partial charge on any atom is 0.251 e. The molecule has 2 N–H and O–H groups in total. The molecule has 1 amide bonds. The lowest BCUT2D eigenvalue weighted by atomic mass is 10.0. The van der Waals surface area contributed by atoms with Crippen molar-refractivity contribution in [3.05, 3.63) is 33.4 Å². The van der Waals surface area contributed by atoms with E-state index in [-0.39, 0.29) is 18.3 Å². The second-order valence-corrected chi connectivity index (χ2v) is 5.81. The second-order valence-electron chi connectivity index (χ2n) is 4.56. The Kier molecular flexibility index (Phi) is 6.38. The van der Waals surface area contributed by atoms with Crippen molar-refractivity contribution in [1.82, 2.24) is 10.6 Å². The maximum atomic E-state index is 12.0. The van der Waals surface area contributed by atoms with Crippen molar-refractivity contribution in [1.29, 1.82) is 0 Å². The van der Waals surface area contributed by atoms with Gasteiger partial charge in [-0.1, -0.05) is 6.07 Å². The Morgan fingerprint density at radius 3 is 2.94 bits per heavy atom. The molecule has 1 aliphatic rings. The standard InChI is InChI=1S/C13H17IN2O.ClH/c1-9-7-12(5-6-15-9)16-13(17)10-3-2-4-11(14)8-10;/h2-4,8-9,12,15H,5-7H2,1H3,(H,16,17);1H. The summed E-state index contributed by atoms with van der Waals surface area (Å²) in [4.78, 5) is 12.0. The SMILES string of the molecule is CC1CC(NC(=O)c2cccc(I)c2)CCN1.Cl. The van der Waals surface area contributed by atoms with Gasteiger partial charge in [0.05, 0.1) is 0 Å². The number of carbonyl (C=O) groups is 1. The molecule has 0 bridgehead atoms. The lowest BCUT2D eigenvalue weighted by molar-refractivity contribution is 0.0925. The zero-order chi connectivity index (χ0) is 12.3. The molecule has 1 aliphatic heterocycles. The van der Waals surface area contributed by atoms with Crippen LogP contribution in [0, 0.1) is 3.57 Å². The molecule has 2 unspecified atom stereocenters. The van der Waals surface area contributed by atoms with Gasteiger partial charge >= 0.3 is 0 Å². The zero-order valence-electron chi connectivity index (χ0n) is 10.3. The van der Waals surface area contributed by atoms with Crippen molar-refractivity contribution in [2.45, 2.75) is 31.8 Å². The molecule has 18 heavy (non-hydrogen) atoms. The molecule has 0 aliphatic carbocycles. The van der Waals surface area contributed by atoms with Gasteiger partial charge in [0.2, 0.25) is 0 Å². The molecule has 0 radical (unpaired) electrons. The summed E-state index contributed by atoms with van der Waals surface area (Å²) in [7, 11) is 0. The fraction of sp³-hybridized carbons (Fsp3) is 0.462. The van der Waals surface area contributed by atoms with E-state index in [1.165, 1.54) is 0 Å².